The lowest BCUT2D eigenvalue weighted by atomic mass is 9.89. The van der Waals surface area contributed by atoms with E-state index in [1.165, 1.54) is 18.4 Å². The molecule has 1 aliphatic rings. The minimum absolute atomic E-state index is 0.0805. The predicted molar refractivity (Wildman–Crippen MR) is 85.1 cm³/mol. The fourth-order valence-corrected chi connectivity index (χ4v) is 3.11. The highest BCUT2D eigenvalue weighted by Crippen LogP contribution is 2.29. The number of aryl methyl sites for hydroxylation is 1. The van der Waals surface area contributed by atoms with Gasteiger partial charge in [0.25, 0.3) is 0 Å². The molecule has 1 aromatic heterocycles. The number of benzene rings is 1. The minimum Gasteiger partial charge on any atom is -0.476 e. The van der Waals surface area contributed by atoms with Crippen molar-refractivity contribution in [1.29, 1.82) is 0 Å². The molecule has 1 fully saturated rings. The Labute approximate surface area is 130 Å². The van der Waals surface area contributed by atoms with Crippen LogP contribution in [0.2, 0.25) is 0 Å². The topological polar surface area (TPSA) is 58.4 Å². The van der Waals surface area contributed by atoms with E-state index >= 15 is 0 Å². The van der Waals surface area contributed by atoms with Crippen molar-refractivity contribution in [2.45, 2.75) is 18.8 Å². The third-order valence-electron chi connectivity index (χ3n) is 4.50. The summed E-state index contributed by atoms with van der Waals surface area (Å²) in [6, 6.07) is 10.1. The Kier molecular flexibility index (Phi) is 3.98. The maximum atomic E-state index is 11.0. The molecule has 0 amide bonds. The van der Waals surface area contributed by atoms with Gasteiger partial charge in [-0.25, -0.2) is 4.79 Å². The summed E-state index contributed by atoms with van der Waals surface area (Å²) in [5.41, 5.74) is 3.28. The van der Waals surface area contributed by atoms with Crippen molar-refractivity contribution in [3.8, 4) is 11.3 Å². The molecule has 1 aromatic carbocycles. The molecular weight excluding hydrogens is 278 g/mol. The molecule has 2 aromatic rings. The Morgan fingerprint density at radius 1 is 1.18 bits per heavy atom. The summed E-state index contributed by atoms with van der Waals surface area (Å²) in [7, 11) is 3.94. The van der Waals surface area contributed by atoms with E-state index in [2.05, 4.69) is 41.3 Å². The van der Waals surface area contributed by atoms with Crippen LogP contribution in [0.5, 0.6) is 0 Å². The van der Waals surface area contributed by atoms with E-state index in [9.17, 15) is 4.79 Å². The smallest absolute Gasteiger partial charge is 0.356 e. The highest BCUT2D eigenvalue weighted by atomic mass is 16.4. The van der Waals surface area contributed by atoms with Crippen LogP contribution in [0.3, 0.4) is 0 Å². The van der Waals surface area contributed by atoms with Crippen molar-refractivity contribution < 1.29 is 9.90 Å². The van der Waals surface area contributed by atoms with Crippen LogP contribution in [0.15, 0.2) is 30.3 Å². The van der Waals surface area contributed by atoms with Crippen LogP contribution >= 0.6 is 0 Å². The lowest BCUT2D eigenvalue weighted by Crippen LogP contribution is -2.29. The van der Waals surface area contributed by atoms with Gasteiger partial charge >= 0.3 is 5.97 Å². The molecule has 0 radical (unpaired) electrons. The second-order valence-electron chi connectivity index (χ2n) is 6.04. The fourth-order valence-electron chi connectivity index (χ4n) is 3.11. The molecule has 0 unspecified atom stereocenters. The summed E-state index contributed by atoms with van der Waals surface area (Å²) < 4.78 is 1.62. The third kappa shape index (κ3) is 2.90. The van der Waals surface area contributed by atoms with E-state index in [0.717, 1.165) is 24.3 Å². The van der Waals surface area contributed by atoms with E-state index < -0.39 is 5.97 Å². The van der Waals surface area contributed by atoms with Gasteiger partial charge < -0.3 is 10.0 Å². The second kappa shape index (κ2) is 5.93. The number of aromatic carboxylic acids is 1. The molecule has 1 aliphatic heterocycles. The number of hydrogen-bond acceptors (Lipinski definition) is 3. The van der Waals surface area contributed by atoms with Gasteiger partial charge in [0.05, 0.1) is 5.69 Å². The van der Waals surface area contributed by atoms with Crippen LogP contribution in [-0.2, 0) is 7.05 Å². The normalized spacial score (nSPS) is 16.8. The molecule has 5 heteroatoms. The Bertz CT molecular complexity index is 668. The van der Waals surface area contributed by atoms with Crippen LogP contribution in [0, 0.1) is 0 Å². The van der Waals surface area contributed by atoms with Crippen molar-refractivity contribution in [1.82, 2.24) is 14.7 Å². The van der Waals surface area contributed by atoms with Crippen molar-refractivity contribution >= 4 is 5.97 Å². The summed E-state index contributed by atoms with van der Waals surface area (Å²) >= 11 is 0. The number of carboxylic acid groups (broad SMARTS) is 1. The van der Waals surface area contributed by atoms with Crippen molar-refractivity contribution in [3.63, 3.8) is 0 Å². The second-order valence-corrected chi connectivity index (χ2v) is 6.04. The Hall–Kier alpha value is -2.14. The third-order valence-corrected chi connectivity index (χ3v) is 4.50. The molecule has 3 rings (SSSR count). The quantitative estimate of drug-likeness (QED) is 0.946. The number of carboxylic acids is 1. The number of likely N-dealkylation sites (tertiary alicyclic amines) is 1. The first-order valence-electron chi connectivity index (χ1n) is 7.61. The van der Waals surface area contributed by atoms with Crippen LogP contribution < -0.4 is 0 Å². The van der Waals surface area contributed by atoms with Crippen molar-refractivity contribution in [2.75, 3.05) is 20.1 Å². The van der Waals surface area contributed by atoms with Gasteiger partial charge in [0.15, 0.2) is 5.69 Å². The minimum atomic E-state index is -0.996. The zero-order valence-corrected chi connectivity index (χ0v) is 13.0. The molecular formula is C17H21N3O2. The van der Waals surface area contributed by atoms with Gasteiger partial charge in [0.2, 0.25) is 0 Å². The number of nitrogens with zero attached hydrogens (tertiary/aromatic N) is 3. The monoisotopic (exact) mass is 299 g/mol. The Morgan fingerprint density at radius 3 is 2.36 bits per heavy atom. The molecule has 1 N–H and O–H groups in total. The summed E-state index contributed by atoms with van der Waals surface area (Å²) in [5, 5.41) is 13.0. The highest BCUT2D eigenvalue weighted by Gasteiger charge is 2.18. The summed E-state index contributed by atoms with van der Waals surface area (Å²) in [6.07, 6.45) is 2.40. The largest absolute Gasteiger partial charge is 0.476 e. The molecule has 0 bridgehead atoms. The first-order valence-corrected chi connectivity index (χ1v) is 7.61. The summed E-state index contributed by atoms with van der Waals surface area (Å²) in [6.45, 7) is 2.30. The fraction of sp³-hybridized carbons (Fsp3) is 0.412. The Balaban J connectivity index is 1.81. The maximum Gasteiger partial charge on any atom is 0.356 e. The molecule has 5 nitrogen and oxygen atoms in total. The average Bonchev–Trinajstić information content (AvgIpc) is 2.91. The van der Waals surface area contributed by atoms with Gasteiger partial charge in [-0.15, -0.1) is 0 Å². The summed E-state index contributed by atoms with van der Waals surface area (Å²) in [4.78, 5) is 13.4. The van der Waals surface area contributed by atoms with E-state index in [1.807, 2.05) is 0 Å². The first kappa shape index (κ1) is 14.8. The zero-order chi connectivity index (χ0) is 15.7. The zero-order valence-electron chi connectivity index (χ0n) is 13.0. The van der Waals surface area contributed by atoms with Gasteiger partial charge in [-0.2, -0.15) is 5.10 Å². The standard InChI is InChI=1S/C17H21N3O2/c1-19-9-7-13(8-10-19)12-3-5-14(6-4-12)16-11-15(17(21)22)18-20(16)2/h3-6,11,13H,7-10H2,1-2H3,(H,21,22). The van der Waals surface area contributed by atoms with E-state index in [0.29, 0.717) is 5.92 Å². The number of rotatable bonds is 3. The van der Waals surface area contributed by atoms with Crippen molar-refractivity contribution in [3.05, 3.63) is 41.6 Å². The van der Waals surface area contributed by atoms with Gasteiger partial charge in [-0.3, -0.25) is 4.68 Å². The lowest BCUT2D eigenvalue weighted by Gasteiger charge is -2.29. The number of hydrogen-bond donors (Lipinski definition) is 1. The summed E-state index contributed by atoms with van der Waals surface area (Å²) in [5.74, 6) is -0.365. The number of carbonyl (C=O) groups is 1. The van der Waals surface area contributed by atoms with Crippen LogP contribution in [0.25, 0.3) is 11.3 Å². The number of piperidine rings is 1. The van der Waals surface area contributed by atoms with Gasteiger partial charge in [-0.05, 0) is 56.1 Å². The Morgan fingerprint density at radius 2 is 1.82 bits per heavy atom. The molecule has 0 saturated carbocycles. The average molecular weight is 299 g/mol. The molecule has 0 spiro atoms. The van der Waals surface area contributed by atoms with Crippen LogP contribution in [0.4, 0.5) is 0 Å². The molecule has 1 saturated heterocycles. The molecule has 0 aliphatic carbocycles. The van der Waals surface area contributed by atoms with E-state index in [1.54, 1.807) is 17.8 Å². The maximum absolute atomic E-state index is 11.0. The van der Waals surface area contributed by atoms with E-state index in [4.69, 9.17) is 5.11 Å². The van der Waals surface area contributed by atoms with E-state index in [-0.39, 0.29) is 5.69 Å². The SMILES string of the molecule is CN1CCC(c2ccc(-c3cc(C(=O)O)nn3C)cc2)CC1. The number of aromatic nitrogens is 2. The van der Waals surface area contributed by atoms with Crippen LogP contribution in [-0.4, -0.2) is 45.9 Å². The molecule has 0 atom stereocenters. The van der Waals surface area contributed by atoms with Gasteiger partial charge in [0, 0.05) is 7.05 Å². The predicted octanol–water partition coefficient (Wildman–Crippen LogP) is 2.59. The molecule has 22 heavy (non-hydrogen) atoms. The first-order chi connectivity index (χ1) is 10.5. The molecule has 2 heterocycles. The van der Waals surface area contributed by atoms with Gasteiger partial charge in [-0.1, -0.05) is 24.3 Å². The lowest BCUT2D eigenvalue weighted by molar-refractivity contribution is 0.0689. The van der Waals surface area contributed by atoms with Crippen LogP contribution in [0.1, 0.15) is 34.8 Å². The van der Waals surface area contributed by atoms with Crippen molar-refractivity contribution in [2.24, 2.45) is 7.05 Å². The molecule has 116 valence electrons. The van der Waals surface area contributed by atoms with Gasteiger partial charge in [0.1, 0.15) is 0 Å². The highest BCUT2D eigenvalue weighted by molar-refractivity contribution is 5.87.